The Morgan fingerprint density at radius 1 is 1.30 bits per heavy atom. The molecule has 0 radical (unpaired) electrons. The smallest absolute Gasteiger partial charge is 0.391 e. The molecule has 1 atom stereocenters. The van der Waals surface area contributed by atoms with Gasteiger partial charge in [0, 0.05) is 12.7 Å². The summed E-state index contributed by atoms with van der Waals surface area (Å²) >= 11 is 6.07. The van der Waals surface area contributed by atoms with Crippen molar-refractivity contribution < 1.29 is 18.3 Å². The van der Waals surface area contributed by atoms with E-state index in [4.69, 9.17) is 11.6 Å². The molecule has 1 fully saturated rings. The van der Waals surface area contributed by atoms with Gasteiger partial charge in [0.05, 0.1) is 23.6 Å². The summed E-state index contributed by atoms with van der Waals surface area (Å²) in [5.74, 6) is 0.147. The molecule has 0 saturated heterocycles. The summed E-state index contributed by atoms with van der Waals surface area (Å²) in [5.41, 5.74) is -1.39. The van der Waals surface area contributed by atoms with E-state index in [9.17, 15) is 23.1 Å². The van der Waals surface area contributed by atoms with Gasteiger partial charge in [-0.1, -0.05) is 24.4 Å². The van der Waals surface area contributed by atoms with Gasteiger partial charge in [0.2, 0.25) is 0 Å². The number of alkyl halides is 3. The van der Waals surface area contributed by atoms with E-state index in [1.807, 2.05) is 0 Å². The Kier molecular flexibility index (Phi) is 5.71. The van der Waals surface area contributed by atoms with Gasteiger partial charge >= 0.3 is 6.18 Å². The van der Waals surface area contributed by atoms with Crippen molar-refractivity contribution in [3.8, 4) is 5.82 Å². The van der Waals surface area contributed by atoms with Gasteiger partial charge in [-0.2, -0.15) is 23.0 Å². The fourth-order valence-electron chi connectivity index (χ4n) is 3.12. The van der Waals surface area contributed by atoms with Crippen LogP contribution in [0.2, 0.25) is 5.02 Å². The first-order valence-corrected chi connectivity index (χ1v) is 8.88. The number of pyridine rings is 1. The van der Waals surface area contributed by atoms with Crippen LogP contribution in [0.5, 0.6) is 0 Å². The first-order chi connectivity index (χ1) is 12.8. The first-order valence-electron chi connectivity index (χ1n) is 8.51. The van der Waals surface area contributed by atoms with Crippen LogP contribution in [0.15, 0.2) is 29.3 Å². The van der Waals surface area contributed by atoms with Crippen LogP contribution in [-0.2, 0) is 6.18 Å². The van der Waals surface area contributed by atoms with E-state index < -0.39 is 23.4 Å². The molecule has 2 N–H and O–H groups in total. The summed E-state index contributed by atoms with van der Waals surface area (Å²) in [6.07, 6.45) is 0.969. The monoisotopic (exact) mass is 402 g/mol. The third-order valence-corrected chi connectivity index (χ3v) is 5.02. The van der Waals surface area contributed by atoms with Crippen molar-refractivity contribution >= 4 is 17.3 Å². The van der Waals surface area contributed by atoms with Crippen LogP contribution < -0.4 is 10.9 Å². The normalized spacial score (nSPS) is 16.5. The van der Waals surface area contributed by atoms with E-state index in [-0.39, 0.29) is 29.0 Å². The number of hydrogen-bond donors (Lipinski definition) is 2. The van der Waals surface area contributed by atoms with Crippen molar-refractivity contribution in [2.75, 3.05) is 11.9 Å². The third kappa shape index (κ3) is 4.41. The molecule has 0 spiro atoms. The highest BCUT2D eigenvalue weighted by atomic mass is 35.5. The van der Waals surface area contributed by atoms with Gasteiger partial charge in [0.1, 0.15) is 5.02 Å². The number of hydrogen-bond acceptors (Lipinski definition) is 5. The average Bonchev–Trinajstić information content (AvgIpc) is 3.17. The van der Waals surface area contributed by atoms with Gasteiger partial charge in [-0.3, -0.25) is 4.79 Å². The Bertz CT molecular complexity index is 849. The molecular weight excluding hydrogens is 385 g/mol. The summed E-state index contributed by atoms with van der Waals surface area (Å²) in [7, 11) is 0. The van der Waals surface area contributed by atoms with Crippen molar-refractivity contribution in [1.29, 1.82) is 0 Å². The van der Waals surface area contributed by atoms with E-state index in [1.54, 1.807) is 0 Å². The fraction of sp³-hybridized carbons (Fsp3) is 0.471. The summed E-state index contributed by atoms with van der Waals surface area (Å²) in [5, 5.41) is 16.8. The van der Waals surface area contributed by atoms with Crippen LogP contribution in [0.25, 0.3) is 5.82 Å². The molecule has 1 aliphatic rings. The lowest BCUT2D eigenvalue weighted by Gasteiger charge is -2.19. The highest BCUT2D eigenvalue weighted by Gasteiger charge is 2.31. The summed E-state index contributed by atoms with van der Waals surface area (Å²) < 4.78 is 38.6. The second-order valence-corrected chi connectivity index (χ2v) is 6.86. The topological polar surface area (TPSA) is 80.0 Å². The minimum absolute atomic E-state index is 0.0764. The number of anilines is 1. The standard InChI is InChI=1S/C17H18ClF3N4O2/c18-15-12(22-9-13(26)10-3-1-2-4-10)8-24-25(16(15)27)14-6-5-11(7-23-14)17(19,20)21/h5-8,10,13,22,26H,1-4,9H2. The molecule has 27 heavy (non-hydrogen) atoms. The molecule has 0 aliphatic heterocycles. The number of aromatic nitrogens is 3. The Hall–Kier alpha value is -2.13. The second-order valence-electron chi connectivity index (χ2n) is 6.48. The Balaban J connectivity index is 1.75. The second kappa shape index (κ2) is 7.85. The highest BCUT2D eigenvalue weighted by Crippen LogP contribution is 2.29. The van der Waals surface area contributed by atoms with E-state index in [0.29, 0.717) is 6.20 Å². The Morgan fingerprint density at radius 2 is 2.00 bits per heavy atom. The van der Waals surface area contributed by atoms with Crippen molar-refractivity contribution in [2.45, 2.75) is 38.0 Å². The van der Waals surface area contributed by atoms with E-state index in [2.05, 4.69) is 15.4 Å². The average molecular weight is 403 g/mol. The van der Waals surface area contributed by atoms with Crippen molar-refractivity contribution in [2.24, 2.45) is 5.92 Å². The van der Waals surface area contributed by atoms with Crippen molar-refractivity contribution in [3.05, 3.63) is 45.5 Å². The molecule has 0 aromatic carbocycles. The number of nitrogens with one attached hydrogen (secondary N) is 1. The summed E-state index contributed by atoms with van der Waals surface area (Å²) in [6.45, 7) is 0.230. The fourth-order valence-corrected chi connectivity index (χ4v) is 3.32. The number of nitrogens with zero attached hydrogens (tertiary/aromatic N) is 3. The maximum Gasteiger partial charge on any atom is 0.417 e. The maximum absolute atomic E-state index is 12.6. The molecule has 0 amide bonds. The summed E-state index contributed by atoms with van der Waals surface area (Å²) in [4.78, 5) is 16.0. The molecule has 1 aliphatic carbocycles. The van der Waals surface area contributed by atoms with Gasteiger partial charge in [-0.15, -0.1) is 0 Å². The first kappa shape index (κ1) is 19.6. The van der Waals surface area contributed by atoms with E-state index in [0.717, 1.165) is 42.5 Å². The number of aliphatic hydroxyl groups excluding tert-OH is 1. The number of rotatable bonds is 5. The van der Waals surface area contributed by atoms with Crippen LogP contribution in [0.1, 0.15) is 31.2 Å². The number of aliphatic hydroxyl groups is 1. The van der Waals surface area contributed by atoms with E-state index in [1.165, 1.54) is 6.20 Å². The lowest BCUT2D eigenvalue weighted by Crippen LogP contribution is -2.28. The lowest BCUT2D eigenvalue weighted by atomic mass is 10.0. The lowest BCUT2D eigenvalue weighted by molar-refractivity contribution is -0.137. The van der Waals surface area contributed by atoms with Gasteiger partial charge in [0.25, 0.3) is 5.56 Å². The minimum Gasteiger partial charge on any atom is -0.391 e. The van der Waals surface area contributed by atoms with Crippen LogP contribution >= 0.6 is 11.6 Å². The quantitative estimate of drug-likeness (QED) is 0.802. The molecule has 6 nitrogen and oxygen atoms in total. The molecule has 0 bridgehead atoms. The molecule has 10 heteroatoms. The molecule has 3 rings (SSSR count). The largest absolute Gasteiger partial charge is 0.417 e. The van der Waals surface area contributed by atoms with Crippen LogP contribution in [0.4, 0.5) is 18.9 Å². The molecular formula is C17H18ClF3N4O2. The van der Waals surface area contributed by atoms with Gasteiger partial charge in [-0.05, 0) is 30.9 Å². The maximum atomic E-state index is 12.6. The zero-order valence-corrected chi connectivity index (χ0v) is 15.0. The number of halogens is 4. The Labute approximate surface area is 158 Å². The van der Waals surface area contributed by atoms with Gasteiger partial charge in [0.15, 0.2) is 5.82 Å². The predicted molar refractivity (Wildman–Crippen MR) is 94.1 cm³/mol. The highest BCUT2D eigenvalue weighted by molar-refractivity contribution is 6.32. The van der Waals surface area contributed by atoms with Crippen LogP contribution in [0.3, 0.4) is 0 Å². The summed E-state index contributed by atoms with van der Waals surface area (Å²) in [6, 6.07) is 1.86. The van der Waals surface area contributed by atoms with Gasteiger partial charge < -0.3 is 10.4 Å². The Morgan fingerprint density at radius 3 is 2.59 bits per heavy atom. The SMILES string of the molecule is O=c1c(Cl)c(NCC(O)C2CCCC2)cnn1-c1ccc(C(F)(F)F)cn1. The van der Waals surface area contributed by atoms with Crippen molar-refractivity contribution in [1.82, 2.24) is 14.8 Å². The molecule has 2 aromatic rings. The molecule has 1 saturated carbocycles. The zero-order valence-electron chi connectivity index (χ0n) is 14.2. The van der Waals surface area contributed by atoms with E-state index >= 15 is 0 Å². The zero-order chi connectivity index (χ0) is 19.6. The molecule has 1 unspecified atom stereocenters. The molecule has 2 aromatic heterocycles. The molecule has 2 heterocycles. The minimum atomic E-state index is -4.52. The van der Waals surface area contributed by atoms with Gasteiger partial charge in [-0.25, -0.2) is 4.98 Å². The van der Waals surface area contributed by atoms with Crippen molar-refractivity contribution in [3.63, 3.8) is 0 Å². The van der Waals surface area contributed by atoms with Crippen LogP contribution in [-0.4, -0.2) is 32.5 Å². The molecule has 146 valence electrons. The van der Waals surface area contributed by atoms with Crippen LogP contribution in [0, 0.1) is 5.92 Å². The third-order valence-electron chi connectivity index (χ3n) is 4.66. The predicted octanol–water partition coefficient (Wildman–Crippen LogP) is 3.26.